The second kappa shape index (κ2) is 2.93. The predicted molar refractivity (Wildman–Crippen MR) is 75.6 cm³/mol. The number of nitrogens with zero attached hydrogens (tertiary/aromatic N) is 4. The van der Waals surface area contributed by atoms with Crippen LogP contribution in [0.25, 0.3) is 0 Å². The van der Waals surface area contributed by atoms with E-state index in [1.807, 2.05) is 0 Å². The Morgan fingerprint density at radius 2 is 1.50 bits per heavy atom. The number of hydrogen-bond acceptors (Lipinski definition) is 4. The zero-order valence-electron chi connectivity index (χ0n) is 12.6. The molecule has 8 atom stereocenters. The summed E-state index contributed by atoms with van der Waals surface area (Å²) in [7, 11) is 0. The lowest BCUT2D eigenvalue weighted by atomic mass is 9.58. The maximum atomic E-state index is 4.78. The first kappa shape index (κ1) is 11.6. The van der Waals surface area contributed by atoms with Crippen LogP contribution in [-0.4, -0.2) is 23.2 Å². The molecular formula is C16H22N4. The lowest BCUT2D eigenvalue weighted by Gasteiger charge is -2.52. The Labute approximate surface area is 119 Å². The molecule has 3 heterocycles. The van der Waals surface area contributed by atoms with Crippen molar-refractivity contribution < 1.29 is 0 Å². The van der Waals surface area contributed by atoms with E-state index in [1.54, 1.807) is 0 Å². The van der Waals surface area contributed by atoms with Gasteiger partial charge < -0.3 is 0 Å². The minimum Gasteiger partial charge on any atom is -0.190 e. The molecule has 4 nitrogen and oxygen atoms in total. The summed E-state index contributed by atoms with van der Waals surface area (Å²) in [6.45, 7) is 9.35. The van der Waals surface area contributed by atoms with Gasteiger partial charge in [0.1, 0.15) is 0 Å². The van der Waals surface area contributed by atoms with Crippen LogP contribution in [0.3, 0.4) is 0 Å². The van der Waals surface area contributed by atoms with Gasteiger partial charge in [-0.15, -0.1) is 0 Å². The summed E-state index contributed by atoms with van der Waals surface area (Å²) < 4.78 is 0. The van der Waals surface area contributed by atoms with Crippen molar-refractivity contribution in [3.05, 3.63) is 12.2 Å². The van der Waals surface area contributed by atoms with E-state index in [2.05, 4.69) is 39.8 Å². The lowest BCUT2D eigenvalue weighted by Crippen LogP contribution is -2.58. The molecule has 0 amide bonds. The van der Waals surface area contributed by atoms with Gasteiger partial charge in [0, 0.05) is 23.2 Å². The maximum Gasteiger partial charge on any atom is 0.0916 e. The molecule has 4 heteroatoms. The first-order chi connectivity index (χ1) is 9.42. The van der Waals surface area contributed by atoms with Gasteiger partial charge in [-0.3, -0.25) is 0 Å². The first-order valence-electron chi connectivity index (χ1n) is 7.92. The van der Waals surface area contributed by atoms with Crippen molar-refractivity contribution >= 4 is 0 Å². The second-order valence-corrected chi connectivity index (χ2v) is 8.29. The van der Waals surface area contributed by atoms with E-state index in [0.717, 1.165) is 0 Å². The Hall–Kier alpha value is -1.06. The van der Waals surface area contributed by atoms with Gasteiger partial charge in [0.25, 0.3) is 0 Å². The topological polar surface area (TPSA) is 49.4 Å². The SMILES string of the molecule is CC1(C)[C@@]2(C)N=N[C@]1(C)[C@@H]1[C@@H]3N=N[C@@H]([C@H]4CC=C[C@H]43)[C@@H]12. The molecule has 6 aliphatic rings. The highest BCUT2D eigenvalue weighted by atomic mass is 15.3. The number of rotatable bonds is 0. The number of hydrogen-bond donors (Lipinski definition) is 0. The second-order valence-electron chi connectivity index (χ2n) is 8.29. The van der Waals surface area contributed by atoms with E-state index in [4.69, 9.17) is 20.5 Å². The van der Waals surface area contributed by atoms with Crippen LogP contribution in [0.5, 0.6) is 0 Å². The molecular weight excluding hydrogens is 248 g/mol. The highest BCUT2D eigenvalue weighted by Crippen LogP contribution is 2.72. The largest absolute Gasteiger partial charge is 0.190 e. The van der Waals surface area contributed by atoms with Gasteiger partial charge in [-0.05, 0) is 26.2 Å². The van der Waals surface area contributed by atoms with Crippen LogP contribution in [-0.2, 0) is 0 Å². The van der Waals surface area contributed by atoms with Crippen molar-refractivity contribution in [3.8, 4) is 0 Å². The highest BCUT2D eigenvalue weighted by Gasteiger charge is 2.79. The molecule has 0 radical (unpaired) electrons. The number of fused-ring (bicyclic) bond motifs is 2. The Balaban J connectivity index is 1.75. The molecule has 3 aliphatic heterocycles. The Morgan fingerprint density at radius 1 is 0.900 bits per heavy atom. The molecule has 2 fully saturated rings. The van der Waals surface area contributed by atoms with Crippen molar-refractivity contribution in [2.75, 3.05) is 0 Å². The fraction of sp³-hybridized carbons (Fsp3) is 0.875. The van der Waals surface area contributed by atoms with Crippen molar-refractivity contribution in [2.24, 2.45) is 49.5 Å². The van der Waals surface area contributed by atoms with Crippen molar-refractivity contribution in [3.63, 3.8) is 0 Å². The van der Waals surface area contributed by atoms with Crippen LogP contribution in [0.15, 0.2) is 32.6 Å². The van der Waals surface area contributed by atoms with Crippen molar-refractivity contribution in [1.82, 2.24) is 0 Å². The average Bonchev–Trinajstić information content (AvgIpc) is 3.02. The molecule has 0 aromatic heterocycles. The molecule has 4 bridgehead atoms. The quantitative estimate of drug-likeness (QED) is 0.603. The molecule has 6 rings (SSSR count). The molecule has 3 aliphatic carbocycles. The Morgan fingerprint density at radius 3 is 2.20 bits per heavy atom. The minimum absolute atomic E-state index is 0.0671. The highest BCUT2D eigenvalue weighted by molar-refractivity contribution is 5.34. The van der Waals surface area contributed by atoms with Crippen LogP contribution in [0.2, 0.25) is 0 Å². The Bertz CT molecular complexity index is 591. The van der Waals surface area contributed by atoms with Gasteiger partial charge in [0.15, 0.2) is 0 Å². The molecule has 0 N–H and O–H groups in total. The summed E-state index contributed by atoms with van der Waals surface area (Å²) in [5.74, 6) is 2.32. The lowest BCUT2D eigenvalue weighted by molar-refractivity contribution is 0.0164. The molecule has 0 aromatic carbocycles. The van der Waals surface area contributed by atoms with Crippen molar-refractivity contribution in [1.29, 1.82) is 0 Å². The van der Waals surface area contributed by atoms with Crippen LogP contribution in [0.1, 0.15) is 34.1 Å². The molecule has 0 unspecified atom stereocenters. The molecule has 0 aromatic rings. The molecule has 106 valence electrons. The van der Waals surface area contributed by atoms with Gasteiger partial charge in [0.2, 0.25) is 0 Å². The zero-order valence-corrected chi connectivity index (χ0v) is 12.6. The van der Waals surface area contributed by atoms with E-state index in [-0.39, 0.29) is 16.5 Å². The fourth-order valence-electron chi connectivity index (χ4n) is 6.12. The van der Waals surface area contributed by atoms with Gasteiger partial charge in [-0.1, -0.05) is 26.0 Å². The summed E-state index contributed by atoms with van der Waals surface area (Å²) in [4.78, 5) is 0. The summed E-state index contributed by atoms with van der Waals surface area (Å²) >= 11 is 0. The third-order valence-corrected chi connectivity index (χ3v) is 7.84. The predicted octanol–water partition coefficient (Wildman–Crippen LogP) is 3.65. The zero-order chi connectivity index (χ0) is 13.9. The van der Waals surface area contributed by atoms with Gasteiger partial charge >= 0.3 is 0 Å². The van der Waals surface area contributed by atoms with Crippen LogP contribution >= 0.6 is 0 Å². The van der Waals surface area contributed by atoms with E-state index < -0.39 is 0 Å². The van der Waals surface area contributed by atoms with Gasteiger partial charge in [-0.25, -0.2) is 0 Å². The molecule has 0 spiro atoms. The summed E-state index contributed by atoms with van der Waals surface area (Å²) in [5.41, 5.74) is -0.0396. The summed E-state index contributed by atoms with van der Waals surface area (Å²) in [5, 5.41) is 19.0. The van der Waals surface area contributed by atoms with Gasteiger partial charge in [0.05, 0.1) is 23.2 Å². The number of allylic oxidation sites excluding steroid dienone is 1. The third kappa shape index (κ3) is 0.855. The molecule has 0 saturated heterocycles. The van der Waals surface area contributed by atoms with E-state index in [1.165, 1.54) is 6.42 Å². The summed E-state index contributed by atoms with van der Waals surface area (Å²) in [6.07, 6.45) is 5.93. The fourth-order valence-corrected chi connectivity index (χ4v) is 6.12. The molecule has 2 saturated carbocycles. The van der Waals surface area contributed by atoms with Crippen LogP contribution in [0.4, 0.5) is 0 Å². The van der Waals surface area contributed by atoms with Crippen LogP contribution < -0.4 is 0 Å². The standard InChI is InChI=1S/C16H22N4/c1-14(2)15(3)10-11(16(14,4)20-19-15)13-9-7-5-6-8(9)12(10)17-18-13/h5-6,8-13H,7H2,1-4H3/t8-,9+,10+,11-,12-,13+,15-,16+/m1/s1. The average molecular weight is 270 g/mol. The van der Waals surface area contributed by atoms with E-state index in [0.29, 0.717) is 35.8 Å². The van der Waals surface area contributed by atoms with Crippen LogP contribution in [0, 0.1) is 29.1 Å². The maximum absolute atomic E-state index is 4.78. The molecule has 20 heavy (non-hydrogen) atoms. The Kier molecular flexibility index (Phi) is 1.70. The minimum atomic E-state index is -0.0732. The number of azo groups is 2. The van der Waals surface area contributed by atoms with E-state index >= 15 is 0 Å². The normalized spacial score (nSPS) is 63.0. The summed E-state index contributed by atoms with van der Waals surface area (Å²) in [6, 6.07) is 0.689. The van der Waals surface area contributed by atoms with Crippen molar-refractivity contribution in [2.45, 2.75) is 57.3 Å². The monoisotopic (exact) mass is 270 g/mol. The van der Waals surface area contributed by atoms with E-state index in [9.17, 15) is 0 Å². The third-order valence-electron chi connectivity index (χ3n) is 7.84. The first-order valence-corrected chi connectivity index (χ1v) is 7.92. The van der Waals surface area contributed by atoms with Gasteiger partial charge in [-0.2, -0.15) is 20.5 Å². The smallest absolute Gasteiger partial charge is 0.0916 e.